The zero-order valence-corrected chi connectivity index (χ0v) is 12.6. The Morgan fingerprint density at radius 3 is 2.52 bits per heavy atom. The molecule has 0 radical (unpaired) electrons. The van der Waals surface area contributed by atoms with Gasteiger partial charge in [0, 0.05) is 32.5 Å². The number of Topliss-reactive ketones (excluding diaryl/α,β-unsaturated/α-hetero) is 1. The highest BCUT2D eigenvalue weighted by atomic mass is 16.5. The van der Waals surface area contributed by atoms with E-state index in [2.05, 4.69) is 4.74 Å². The Labute approximate surface area is 126 Å². The molecule has 0 fully saturated rings. The van der Waals surface area contributed by atoms with Crippen molar-refractivity contribution < 1.29 is 14.3 Å². The molecule has 0 unspecified atom stereocenters. The number of benzene rings is 1. The number of nitrogens with two attached hydrogens (primary N) is 1. The Bertz CT molecular complexity index is 434. The second-order valence-corrected chi connectivity index (χ2v) is 4.95. The molecule has 1 aromatic rings. The SMILES string of the molecule is COC(=O)CCCC(=O)CN(CCN)Cc1ccccc1. The van der Waals surface area contributed by atoms with E-state index in [-0.39, 0.29) is 18.2 Å². The van der Waals surface area contributed by atoms with Gasteiger partial charge in [-0.1, -0.05) is 30.3 Å². The maximum atomic E-state index is 12.0. The lowest BCUT2D eigenvalue weighted by Gasteiger charge is -2.20. The molecule has 2 N–H and O–H groups in total. The highest BCUT2D eigenvalue weighted by molar-refractivity contribution is 5.81. The first-order valence-electron chi connectivity index (χ1n) is 7.20. The molecule has 0 aromatic heterocycles. The molecule has 5 nitrogen and oxygen atoms in total. The molecule has 116 valence electrons. The number of hydrogen-bond acceptors (Lipinski definition) is 5. The fourth-order valence-corrected chi connectivity index (χ4v) is 2.10. The van der Waals surface area contributed by atoms with E-state index in [0.29, 0.717) is 39.0 Å². The van der Waals surface area contributed by atoms with Gasteiger partial charge in [0.2, 0.25) is 0 Å². The van der Waals surface area contributed by atoms with Gasteiger partial charge in [-0.3, -0.25) is 14.5 Å². The molecule has 1 aromatic carbocycles. The normalized spacial score (nSPS) is 10.6. The van der Waals surface area contributed by atoms with Crippen LogP contribution in [0.25, 0.3) is 0 Å². The first-order valence-corrected chi connectivity index (χ1v) is 7.20. The molecule has 0 saturated heterocycles. The summed E-state index contributed by atoms with van der Waals surface area (Å²) in [6.45, 7) is 2.27. The average molecular weight is 292 g/mol. The first-order chi connectivity index (χ1) is 10.2. The molecule has 0 heterocycles. The number of carbonyl (C=O) groups excluding carboxylic acids is 2. The van der Waals surface area contributed by atoms with Gasteiger partial charge in [0.05, 0.1) is 13.7 Å². The van der Waals surface area contributed by atoms with Crippen LogP contribution in [-0.4, -0.2) is 43.4 Å². The molecule has 0 aliphatic carbocycles. The van der Waals surface area contributed by atoms with Crippen LogP contribution in [0.1, 0.15) is 24.8 Å². The summed E-state index contributed by atoms with van der Waals surface area (Å²) in [5.74, 6) is -0.144. The quantitative estimate of drug-likeness (QED) is 0.659. The molecule has 0 atom stereocenters. The molecule has 0 amide bonds. The molecular formula is C16H24N2O3. The number of carbonyl (C=O) groups is 2. The molecule has 21 heavy (non-hydrogen) atoms. The van der Waals surface area contributed by atoms with Gasteiger partial charge in [-0.05, 0) is 12.0 Å². The standard InChI is InChI=1S/C16H24N2O3/c1-21-16(20)9-5-8-15(19)13-18(11-10-17)12-14-6-3-2-4-7-14/h2-4,6-7H,5,8-13,17H2,1H3. The lowest BCUT2D eigenvalue weighted by molar-refractivity contribution is -0.140. The molecule has 1 rings (SSSR count). The zero-order valence-electron chi connectivity index (χ0n) is 12.6. The second kappa shape index (κ2) is 10.1. The van der Waals surface area contributed by atoms with E-state index >= 15 is 0 Å². The maximum Gasteiger partial charge on any atom is 0.305 e. The Hall–Kier alpha value is -1.72. The summed E-state index contributed by atoms with van der Waals surface area (Å²) in [5, 5.41) is 0. The smallest absolute Gasteiger partial charge is 0.305 e. The highest BCUT2D eigenvalue weighted by Gasteiger charge is 2.11. The number of hydrogen-bond donors (Lipinski definition) is 1. The maximum absolute atomic E-state index is 12.0. The van der Waals surface area contributed by atoms with Crippen molar-refractivity contribution in [1.29, 1.82) is 0 Å². The van der Waals surface area contributed by atoms with E-state index in [1.165, 1.54) is 7.11 Å². The predicted octanol–water partition coefficient (Wildman–Crippen LogP) is 1.36. The Morgan fingerprint density at radius 1 is 1.19 bits per heavy atom. The van der Waals surface area contributed by atoms with Gasteiger partial charge in [0.15, 0.2) is 0 Å². The number of esters is 1. The number of nitrogens with zero attached hydrogens (tertiary/aromatic N) is 1. The summed E-state index contributed by atoms with van der Waals surface area (Å²) in [7, 11) is 1.35. The molecular weight excluding hydrogens is 268 g/mol. The third-order valence-corrected chi connectivity index (χ3v) is 3.16. The van der Waals surface area contributed by atoms with Gasteiger partial charge in [0.1, 0.15) is 5.78 Å². The molecule has 0 spiro atoms. The van der Waals surface area contributed by atoms with Crippen LogP contribution in [0.2, 0.25) is 0 Å². The average Bonchev–Trinajstić information content (AvgIpc) is 2.48. The molecule has 5 heteroatoms. The van der Waals surface area contributed by atoms with Crippen LogP contribution in [0.3, 0.4) is 0 Å². The van der Waals surface area contributed by atoms with Crippen LogP contribution < -0.4 is 5.73 Å². The van der Waals surface area contributed by atoms with Crippen molar-refractivity contribution in [1.82, 2.24) is 4.90 Å². The van der Waals surface area contributed by atoms with Crippen LogP contribution in [-0.2, 0) is 20.9 Å². The van der Waals surface area contributed by atoms with E-state index in [9.17, 15) is 9.59 Å². The molecule has 0 aliphatic rings. The number of methoxy groups -OCH3 is 1. The minimum Gasteiger partial charge on any atom is -0.469 e. The van der Waals surface area contributed by atoms with Crippen LogP contribution in [0, 0.1) is 0 Å². The predicted molar refractivity (Wildman–Crippen MR) is 81.6 cm³/mol. The number of ketones is 1. The van der Waals surface area contributed by atoms with Crippen molar-refractivity contribution in [2.45, 2.75) is 25.8 Å². The van der Waals surface area contributed by atoms with E-state index in [0.717, 1.165) is 5.56 Å². The van der Waals surface area contributed by atoms with Crippen molar-refractivity contribution in [3.05, 3.63) is 35.9 Å². The van der Waals surface area contributed by atoms with Gasteiger partial charge in [-0.25, -0.2) is 0 Å². The fourth-order valence-electron chi connectivity index (χ4n) is 2.10. The van der Waals surface area contributed by atoms with Gasteiger partial charge in [-0.15, -0.1) is 0 Å². The van der Waals surface area contributed by atoms with E-state index in [1.54, 1.807) is 0 Å². The topological polar surface area (TPSA) is 72.6 Å². The minimum atomic E-state index is -0.272. The van der Waals surface area contributed by atoms with E-state index in [1.807, 2.05) is 35.2 Å². The monoisotopic (exact) mass is 292 g/mol. The minimum absolute atomic E-state index is 0.128. The van der Waals surface area contributed by atoms with Gasteiger partial charge >= 0.3 is 5.97 Å². The van der Waals surface area contributed by atoms with Crippen molar-refractivity contribution in [3.8, 4) is 0 Å². The second-order valence-electron chi connectivity index (χ2n) is 4.95. The van der Waals surface area contributed by atoms with E-state index < -0.39 is 0 Å². The third-order valence-electron chi connectivity index (χ3n) is 3.16. The summed E-state index contributed by atoms with van der Waals surface area (Å²) in [4.78, 5) is 25.0. The van der Waals surface area contributed by atoms with Crippen LogP contribution >= 0.6 is 0 Å². The summed E-state index contributed by atoms with van der Waals surface area (Å²) in [5.41, 5.74) is 6.76. The van der Waals surface area contributed by atoms with Crippen LogP contribution in [0.4, 0.5) is 0 Å². The van der Waals surface area contributed by atoms with Crippen molar-refractivity contribution in [3.63, 3.8) is 0 Å². The summed E-state index contributed by atoms with van der Waals surface area (Å²) in [6.07, 6.45) is 1.22. The van der Waals surface area contributed by atoms with Crippen molar-refractivity contribution in [2.24, 2.45) is 5.73 Å². The van der Waals surface area contributed by atoms with Crippen LogP contribution in [0.15, 0.2) is 30.3 Å². The molecule has 0 aliphatic heterocycles. The van der Waals surface area contributed by atoms with Gasteiger partial charge in [-0.2, -0.15) is 0 Å². The Morgan fingerprint density at radius 2 is 1.90 bits per heavy atom. The lowest BCUT2D eigenvalue weighted by Crippen LogP contribution is -2.33. The third kappa shape index (κ3) is 7.58. The summed E-state index contributed by atoms with van der Waals surface area (Å²) in [6, 6.07) is 9.99. The van der Waals surface area contributed by atoms with Gasteiger partial charge in [0.25, 0.3) is 0 Å². The van der Waals surface area contributed by atoms with Crippen molar-refractivity contribution >= 4 is 11.8 Å². The lowest BCUT2D eigenvalue weighted by atomic mass is 10.1. The highest BCUT2D eigenvalue weighted by Crippen LogP contribution is 2.06. The van der Waals surface area contributed by atoms with Gasteiger partial charge < -0.3 is 10.5 Å². The summed E-state index contributed by atoms with van der Waals surface area (Å²) >= 11 is 0. The Kier molecular flexibility index (Phi) is 8.31. The molecule has 0 saturated carbocycles. The fraction of sp³-hybridized carbons (Fsp3) is 0.500. The molecule has 0 bridgehead atoms. The van der Waals surface area contributed by atoms with Crippen molar-refractivity contribution in [2.75, 3.05) is 26.7 Å². The number of ether oxygens (including phenoxy) is 1. The van der Waals surface area contributed by atoms with E-state index in [4.69, 9.17) is 5.73 Å². The number of rotatable bonds is 10. The zero-order chi connectivity index (χ0) is 15.5. The first kappa shape index (κ1) is 17.3. The van der Waals surface area contributed by atoms with Crippen LogP contribution in [0.5, 0.6) is 0 Å². The largest absolute Gasteiger partial charge is 0.469 e. The Balaban J connectivity index is 2.39. The summed E-state index contributed by atoms with van der Waals surface area (Å²) < 4.78 is 4.55.